The van der Waals surface area contributed by atoms with Crippen molar-refractivity contribution in [1.82, 2.24) is 0 Å². The molecule has 0 atom stereocenters. The first kappa shape index (κ1) is 13.1. The highest BCUT2D eigenvalue weighted by atomic mass is 28.3. The fourth-order valence-electron chi connectivity index (χ4n) is 1.93. The first-order valence-electron chi connectivity index (χ1n) is 6.26. The summed E-state index contributed by atoms with van der Waals surface area (Å²) in [5.74, 6) is 3.42. The predicted octanol–water partition coefficient (Wildman–Crippen LogP) is 4.39. The first-order chi connectivity index (χ1) is 7.67. The van der Waals surface area contributed by atoms with E-state index in [2.05, 4.69) is 63.4 Å². The van der Waals surface area contributed by atoms with E-state index in [1.165, 1.54) is 29.3 Å². The monoisotopic (exact) mass is 230 g/mol. The van der Waals surface area contributed by atoms with Crippen molar-refractivity contribution in [2.45, 2.75) is 45.8 Å². The van der Waals surface area contributed by atoms with E-state index in [1.54, 1.807) is 0 Å². The molecule has 0 unspecified atom stereocenters. The zero-order valence-electron chi connectivity index (χ0n) is 10.9. The molecule has 16 heavy (non-hydrogen) atoms. The maximum absolute atomic E-state index is 3.63. The van der Waals surface area contributed by atoms with Gasteiger partial charge in [-0.05, 0) is 36.7 Å². The highest BCUT2D eigenvalue weighted by Crippen LogP contribution is 2.19. The Hall–Kier alpha value is -1.00. The third-order valence-electron chi connectivity index (χ3n) is 3.64. The molecule has 0 radical (unpaired) electrons. The second kappa shape index (κ2) is 5.91. The minimum Gasteiger partial charge on any atom is -0.126 e. The number of benzene rings is 1. The Bertz CT molecular complexity index is 383. The first-order valence-corrected chi connectivity index (χ1v) is 8.88. The number of aryl methyl sites for hydroxylation is 1. The predicted molar refractivity (Wildman–Crippen MR) is 75.3 cm³/mol. The van der Waals surface area contributed by atoms with Crippen molar-refractivity contribution in [3.63, 3.8) is 0 Å². The van der Waals surface area contributed by atoms with Gasteiger partial charge in [-0.3, -0.25) is 0 Å². The maximum atomic E-state index is 3.63. The van der Waals surface area contributed by atoms with Gasteiger partial charge < -0.3 is 0 Å². The summed E-state index contributed by atoms with van der Waals surface area (Å²) in [5, 5.41) is 0. The Morgan fingerprint density at radius 1 is 1.00 bits per heavy atom. The van der Waals surface area contributed by atoms with E-state index in [4.69, 9.17) is 0 Å². The average molecular weight is 230 g/mol. The van der Waals surface area contributed by atoms with Crippen LogP contribution in [0, 0.1) is 18.4 Å². The molecule has 1 aromatic carbocycles. The van der Waals surface area contributed by atoms with Crippen molar-refractivity contribution in [2.75, 3.05) is 0 Å². The van der Waals surface area contributed by atoms with Crippen molar-refractivity contribution < 1.29 is 0 Å². The Morgan fingerprint density at radius 3 is 2.06 bits per heavy atom. The largest absolute Gasteiger partial charge is 0.138 e. The van der Waals surface area contributed by atoms with Crippen molar-refractivity contribution >= 4 is 8.07 Å². The fraction of sp³-hybridized carbons (Fsp3) is 0.467. The molecule has 0 amide bonds. The molecule has 1 rings (SSSR count). The highest BCUT2D eigenvalue weighted by Gasteiger charge is 2.24. The van der Waals surface area contributed by atoms with Gasteiger partial charge in [0.15, 0.2) is 0 Å². The second-order valence-corrected chi connectivity index (χ2v) is 9.34. The van der Waals surface area contributed by atoms with E-state index >= 15 is 0 Å². The van der Waals surface area contributed by atoms with Crippen LogP contribution < -0.4 is 0 Å². The Balaban J connectivity index is 3.00. The van der Waals surface area contributed by atoms with Gasteiger partial charge in [0.25, 0.3) is 0 Å². The molecule has 0 heterocycles. The fourth-order valence-corrected chi connectivity index (χ4v) is 4.36. The van der Waals surface area contributed by atoms with Crippen LogP contribution in [0.25, 0.3) is 0 Å². The summed E-state index contributed by atoms with van der Waals surface area (Å²) in [6.45, 7) is 9.03. The molecule has 0 nitrogen and oxygen atoms in total. The molecule has 1 aromatic rings. The summed E-state index contributed by atoms with van der Waals surface area (Å²) < 4.78 is 0. The van der Waals surface area contributed by atoms with Crippen LogP contribution in [0.3, 0.4) is 0 Å². The third kappa shape index (κ3) is 2.99. The van der Waals surface area contributed by atoms with Crippen LogP contribution in [0.5, 0.6) is 0 Å². The van der Waals surface area contributed by atoms with Crippen LogP contribution in [0.15, 0.2) is 24.3 Å². The standard InChI is InChI=1S/C15H22Si/c1-5-16(6-2,7-3)13-12-15-11-9-8-10-14(15)4/h8-11H,5-7H2,1-4H3. The SMILES string of the molecule is CC[Si](C#Cc1ccccc1C)(CC)CC. The molecule has 86 valence electrons. The van der Waals surface area contributed by atoms with Crippen molar-refractivity contribution in [2.24, 2.45) is 0 Å². The van der Waals surface area contributed by atoms with Crippen LogP contribution in [0.4, 0.5) is 0 Å². The minimum atomic E-state index is -1.28. The number of rotatable bonds is 3. The molecule has 0 aliphatic rings. The van der Waals surface area contributed by atoms with Gasteiger partial charge in [-0.25, -0.2) is 0 Å². The van der Waals surface area contributed by atoms with Gasteiger partial charge in [0.05, 0.1) is 0 Å². The van der Waals surface area contributed by atoms with Crippen molar-refractivity contribution in [3.8, 4) is 11.5 Å². The van der Waals surface area contributed by atoms with Gasteiger partial charge in [0, 0.05) is 5.56 Å². The van der Waals surface area contributed by atoms with Gasteiger partial charge in [-0.2, -0.15) is 0 Å². The van der Waals surface area contributed by atoms with E-state index in [0.717, 1.165) is 0 Å². The number of hydrogen-bond acceptors (Lipinski definition) is 0. The third-order valence-corrected chi connectivity index (χ3v) is 8.35. The lowest BCUT2D eigenvalue weighted by Crippen LogP contribution is -2.29. The molecule has 0 aliphatic heterocycles. The zero-order valence-corrected chi connectivity index (χ0v) is 11.9. The minimum absolute atomic E-state index is 1.20. The lowest BCUT2D eigenvalue weighted by Gasteiger charge is -2.20. The topological polar surface area (TPSA) is 0 Å². The molecular weight excluding hydrogens is 208 g/mol. The summed E-state index contributed by atoms with van der Waals surface area (Å²) in [6.07, 6.45) is 0. The summed E-state index contributed by atoms with van der Waals surface area (Å²) in [5.41, 5.74) is 6.12. The van der Waals surface area contributed by atoms with Gasteiger partial charge in [-0.15, -0.1) is 5.54 Å². The molecule has 0 saturated carbocycles. The quantitative estimate of drug-likeness (QED) is 0.533. The molecular formula is C15H22Si. The van der Waals surface area contributed by atoms with Crippen LogP contribution in [-0.4, -0.2) is 8.07 Å². The molecule has 0 fully saturated rings. The normalized spacial score (nSPS) is 10.8. The van der Waals surface area contributed by atoms with Crippen LogP contribution in [0.2, 0.25) is 18.1 Å². The summed E-state index contributed by atoms with van der Waals surface area (Å²) in [6, 6.07) is 12.2. The van der Waals surface area contributed by atoms with E-state index in [9.17, 15) is 0 Å². The molecule has 0 aliphatic carbocycles. The van der Waals surface area contributed by atoms with Crippen LogP contribution in [0.1, 0.15) is 31.9 Å². The van der Waals surface area contributed by atoms with E-state index in [1.807, 2.05) is 0 Å². The summed E-state index contributed by atoms with van der Waals surface area (Å²) in [4.78, 5) is 0. The van der Waals surface area contributed by atoms with Crippen LogP contribution in [-0.2, 0) is 0 Å². The van der Waals surface area contributed by atoms with Crippen LogP contribution >= 0.6 is 0 Å². The zero-order chi connectivity index (χ0) is 12.0. The van der Waals surface area contributed by atoms with Gasteiger partial charge in [0.1, 0.15) is 8.07 Å². The summed E-state index contributed by atoms with van der Waals surface area (Å²) in [7, 11) is -1.28. The molecule has 0 aromatic heterocycles. The Kier molecular flexibility index (Phi) is 4.83. The highest BCUT2D eigenvalue weighted by molar-refractivity contribution is 6.87. The maximum Gasteiger partial charge on any atom is 0.138 e. The Labute approximate surface area is 101 Å². The van der Waals surface area contributed by atoms with Gasteiger partial charge in [-0.1, -0.05) is 44.9 Å². The van der Waals surface area contributed by atoms with Crippen molar-refractivity contribution in [3.05, 3.63) is 35.4 Å². The average Bonchev–Trinajstić information content (AvgIpc) is 2.34. The molecule has 0 N–H and O–H groups in total. The van der Waals surface area contributed by atoms with Crippen molar-refractivity contribution in [1.29, 1.82) is 0 Å². The lowest BCUT2D eigenvalue weighted by molar-refractivity contribution is 1.20. The Morgan fingerprint density at radius 2 is 1.56 bits per heavy atom. The van der Waals surface area contributed by atoms with E-state index < -0.39 is 8.07 Å². The number of hydrogen-bond donors (Lipinski definition) is 0. The second-order valence-electron chi connectivity index (χ2n) is 4.41. The smallest absolute Gasteiger partial charge is 0.126 e. The molecule has 1 heteroatoms. The van der Waals surface area contributed by atoms with Gasteiger partial charge >= 0.3 is 0 Å². The molecule has 0 saturated heterocycles. The molecule has 0 spiro atoms. The molecule has 0 bridgehead atoms. The summed E-state index contributed by atoms with van der Waals surface area (Å²) >= 11 is 0. The van der Waals surface area contributed by atoms with E-state index in [0.29, 0.717) is 0 Å². The lowest BCUT2D eigenvalue weighted by atomic mass is 10.1. The van der Waals surface area contributed by atoms with E-state index in [-0.39, 0.29) is 0 Å². The van der Waals surface area contributed by atoms with Gasteiger partial charge in [0.2, 0.25) is 0 Å².